The van der Waals surface area contributed by atoms with E-state index < -0.39 is 0 Å². The molecule has 0 bridgehead atoms. The lowest BCUT2D eigenvalue weighted by molar-refractivity contribution is 0.242. The summed E-state index contributed by atoms with van der Waals surface area (Å²) in [5, 5.41) is 0. The second-order valence-corrected chi connectivity index (χ2v) is 9.40. The monoisotopic (exact) mass is 461 g/mol. The first kappa shape index (κ1) is 22.7. The van der Waals surface area contributed by atoms with Crippen LogP contribution in [0.3, 0.4) is 0 Å². The molecule has 0 N–H and O–H groups in total. The molecule has 178 valence electrons. The van der Waals surface area contributed by atoms with E-state index in [1.54, 1.807) is 12.1 Å². The summed E-state index contributed by atoms with van der Waals surface area (Å²) in [7, 11) is 3.88. The Hall–Kier alpha value is -3.13. The number of aromatic nitrogens is 4. The second-order valence-electron chi connectivity index (χ2n) is 9.40. The molecule has 8 heteroatoms. The van der Waals surface area contributed by atoms with Gasteiger partial charge in [0.15, 0.2) is 0 Å². The van der Waals surface area contributed by atoms with E-state index in [1.807, 2.05) is 43.5 Å². The molecule has 2 aliphatic heterocycles. The number of rotatable bonds is 6. The zero-order valence-electron chi connectivity index (χ0n) is 20.0. The number of hydrogen-bond donors (Lipinski definition) is 0. The van der Waals surface area contributed by atoms with Gasteiger partial charge in [-0.2, -0.15) is 0 Å². The van der Waals surface area contributed by atoms with Crippen molar-refractivity contribution >= 4 is 11.9 Å². The Bertz CT molecular complexity index is 1130. The fourth-order valence-electron chi connectivity index (χ4n) is 4.99. The molecular formula is C26H32FN7. The molecule has 2 fully saturated rings. The Morgan fingerprint density at radius 3 is 2.65 bits per heavy atom. The lowest BCUT2D eigenvalue weighted by atomic mass is 9.99. The van der Waals surface area contributed by atoms with Gasteiger partial charge in [0.05, 0.1) is 17.4 Å². The van der Waals surface area contributed by atoms with Gasteiger partial charge in [-0.15, -0.1) is 0 Å². The number of piperidine rings is 1. The first-order valence-electron chi connectivity index (χ1n) is 12.2. The molecule has 4 heterocycles. The predicted molar refractivity (Wildman–Crippen MR) is 132 cm³/mol. The summed E-state index contributed by atoms with van der Waals surface area (Å²) in [6.07, 6.45) is 9.48. The van der Waals surface area contributed by atoms with Crippen LogP contribution in [0.1, 0.15) is 49.5 Å². The minimum absolute atomic E-state index is 0.119. The van der Waals surface area contributed by atoms with E-state index >= 15 is 0 Å². The van der Waals surface area contributed by atoms with E-state index in [2.05, 4.69) is 19.8 Å². The third kappa shape index (κ3) is 4.87. The molecule has 2 saturated heterocycles. The maximum absolute atomic E-state index is 14.0. The minimum atomic E-state index is -0.255. The Balaban J connectivity index is 1.45. The van der Waals surface area contributed by atoms with Crippen LogP contribution in [0.2, 0.25) is 0 Å². The van der Waals surface area contributed by atoms with Gasteiger partial charge in [-0.1, -0.05) is 12.1 Å². The quantitative estimate of drug-likeness (QED) is 0.537. The van der Waals surface area contributed by atoms with Crippen LogP contribution >= 0.6 is 0 Å². The molecule has 1 atom stereocenters. The molecular weight excluding hydrogens is 429 g/mol. The summed E-state index contributed by atoms with van der Waals surface area (Å²) in [4.78, 5) is 25.6. The van der Waals surface area contributed by atoms with Crippen LogP contribution in [-0.2, 0) is 6.54 Å². The number of halogens is 1. The van der Waals surface area contributed by atoms with Gasteiger partial charge in [0, 0.05) is 51.7 Å². The average molecular weight is 462 g/mol. The van der Waals surface area contributed by atoms with Crippen LogP contribution in [0, 0.1) is 5.82 Å². The number of anilines is 2. The Morgan fingerprint density at radius 1 is 1.00 bits per heavy atom. The number of hydrogen-bond acceptors (Lipinski definition) is 7. The van der Waals surface area contributed by atoms with Gasteiger partial charge < -0.3 is 9.80 Å². The van der Waals surface area contributed by atoms with Crippen LogP contribution in [0.25, 0.3) is 11.1 Å². The van der Waals surface area contributed by atoms with Crippen molar-refractivity contribution in [3.63, 3.8) is 0 Å². The molecule has 0 aliphatic carbocycles. The number of nitrogens with zero attached hydrogens (tertiary/aromatic N) is 7. The van der Waals surface area contributed by atoms with Crippen molar-refractivity contribution in [3.8, 4) is 11.1 Å². The van der Waals surface area contributed by atoms with E-state index in [-0.39, 0.29) is 11.9 Å². The zero-order chi connectivity index (χ0) is 23.5. The van der Waals surface area contributed by atoms with Crippen molar-refractivity contribution in [1.29, 1.82) is 0 Å². The Morgan fingerprint density at radius 2 is 1.85 bits per heavy atom. The molecule has 2 aromatic heterocycles. The normalized spacial score (nSPS) is 18.9. The summed E-state index contributed by atoms with van der Waals surface area (Å²) >= 11 is 0. The van der Waals surface area contributed by atoms with Crippen LogP contribution in [-0.4, -0.2) is 58.6 Å². The highest BCUT2D eigenvalue weighted by atomic mass is 19.1. The van der Waals surface area contributed by atoms with Crippen LogP contribution in [0.15, 0.2) is 42.7 Å². The van der Waals surface area contributed by atoms with Crippen molar-refractivity contribution in [1.82, 2.24) is 24.8 Å². The molecule has 0 amide bonds. The van der Waals surface area contributed by atoms with Gasteiger partial charge in [-0.3, -0.25) is 4.90 Å². The number of likely N-dealkylation sites (tertiary alicyclic amines) is 1. The second kappa shape index (κ2) is 10.0. The molecule has 34 heavy (non-hydrogen) atoms. The van der Waals surface area contributed by atoms with Gasteiger partial charge in [-0.05, 0) is 62.4 Å². The minimum Gasteiger partial charge on any atom is -0.347 e. The van der Waals surface area contributed by atoms with Crippen LogP contribution in [0.5, 0.6) is 0 Å². The Labute approximate surface area is 200 Å². The van der Waals surface area contributed by atoms with Crippen molar-refractivity contribution in [3.05, 3.63) is 59.9 Å². The maximum atomic E-state index is 14.0. The van der Waals surface area contributed by atoms with Gasteiger partial charge in [0.1, 0.15) is 5.82 Å². The Kier molecular flexibility index (Phi) is 6.67. The van der Waals surface area contributed by atoms with E-state index in [4.69, 9.17) is 9.97 Å². The van der Waals surface area contributed by atoms with Crippen LogP contribution in [0.4, 0.5) is 16.3 Å². The number of benzene rings is 1. The first-order valence-corrected chi connectivity index (χ1v) is 12.2. The molecule has 0 spiro atoms. The lowest BCUT2D eigenvalue weighted by Crippen LogP contribution is -2.31. The predicted octanol–water partition coefficient (Wildman–Crippen LogP) is 4.47. The summed E-state index contributed by atoms with van der Waals surface area (Å²) in [5.74, 6) is 1.25. The van der Waals surface area contributed by atoms with Crippen molar-refractivity contribution in [2.24, 2.45) is 0 Å². The third-order valence-corrected chi connectivity index (χ3v) is 6.72. The molecule has 1 aromatic carbocycles. The molecule has 5 rings (SSSR count). The highest BCUT2D eigenvalue weighted by Gasteiger charge is 2.31. The molecule has 0 saturated carbocycles. The molecule has 0 radical (unpaired) electrons. The topological polar surface area (TPSA) is 61.3 Å². The summed E-state index contributed by atoms with van der Waals surface area (Å²) in [5.41, 5.74) is 3.67. The first-order chi connectivity index (χ1) is 16.6. The molecule has 0 unspecified atom stereocenters. The smallest absolute Gasteiger partial charge is 0.225 e. The summed E-state index contributed by atoms with van der Waals surface area (Å²) in [6, 6.07) is 8.83. The van der Waals surface area contributed by atoms with Gasteiger partial charge >= 0.3 is 0 Å². The average Bonchev–Trinajstić information content (AvgIpc) is 3.32. The van der Waals surface area contributed by atoms with Crippen molar-refractivity contribution in [2.75, 3.05) is 43.5 Å². The van der Waals surface area contributed by atoms with Gasteiger partial charge in [0.25, 0.3) is 0 Å². The summed E-state index contributed by atoms with van der Waals surface area (Å²) < 4.78 is 14.0. The standard InChI is InChI=1S/C26H32FN7/c1-32(2)25-29-17-22(19-8-6-9-20(27)16-19)24(31-25)23-10-7-15-34(23)18-21-11-12-28-26(30-21)33-13-4-3-5-14-33/h6,8-9,11-12,16-17,23H,3-5,7,10,13-15,18H2,1-2H3/t23-/m1/s1. The highest BCUT2D eigenvalue weighted by molar-refractivity contribution is 5.66. The largest absolute Gasteiger partial charge is 0.347 e. The van der Waals surface area contributed by atoms with Crippen molar-refractivity contribution in [2.45, 2.75) is 44.7 Å². The maximum Gasteiger partial charge on any atom is 0.225 e. The zero-order valence-corrected chi connectivity index (χ0v) is 20.0. The molecule has 3 aromatic rings. The van der Waals surface area contributed by atoms with E-state index in [1.165, 1.54) is 25.3 Å². The fraction of sp³-hybridized carbons (Fsp3) is 0.462. The van der Waals surface area contributed by atoms with E-state index in [0.29, 0.717) is 5.95 Å². The molecule has 2 aliphatic rings. The third-order valence-electron chi connectivity index (χ3n) is 6.72. The van der Waals surface area contributed by atoms with Gasteiger partial charge in [0.2, 0.25) is 11.9 Å². The van der Waals surface area contributed by atoms with Crippen LogP contribution < -0.4 is 9.80 Å². The highest BCUT2D eigenvalue weighted by Crippen LogP contribution is 2.38. The fourth-order valence-corrected chi connectivity index (χ4v) is 4.99. The van der Waals surface area contributed by atoms with Gasteiger partial charge in [-0.25, -0.2) is 24.3 Å². The van der Waals surface area contributed by atoms with E-state index in [9.17, 15) is 4.39 Å². The van der Waals surface area contributed by atoms with Crippen molar-refractivity contribution < 1.29 is 4.39 Å². The van der Waals surface area contributed by atoms with E-state index in [0.717, 1.165) is 67.5 Å². The SMILES string of the molecule is CN(C)c1ncc(-c2cccc(F)c2)c([C@H]2CCCN2Cc2ccnc(N3CCCCC3)n2)n1. The molecule has 7 nitrogen and oxygen atoms in total. The summed E-state index contributed by atoms with van der Waals surface area (Å²) in [6.45, 7) is 3.76. The lowest BCUT2D eigenvalue weighted by Gasteiger charge is -2.28.